The van der Waals surface area contributed by atoms with E-state index in [0.29, 0.717) is 0 Å². The first-order valence-electron chi connectivity index (χ1n) is 9.02. The fourth-order valence-corrected chi connectivity index (χ4v) is 4.71. The molecule has 1 aliphatic heterocycles. The summed E-state index contributed by atoms with van der Waals surface area (Å²) in [5.74, 6) is -0.724. The number of rotatable bonds is 7. The summed E-state index contributed by atoms with van der Waals surface area (Å²) in [6, 6.07) is 12.5. The van der Waals surface area contributed by atoms with Gasteiger partial charge in [-0.05, 0) is 30.2 Å². The highest BCUT2D eigenvalue weighted by Crippen LogP contribution is 2.29. The molecule has 0 aliphatic carbocycles. The Hall–Kier alpha value is -3.08. The molecular formula is C20H20N2O7S. The van der Waals surface area contributed by atoms with Gasteiger partial charge in [-0.1, -0.05) is 36.4 Å². The molecule has 158 valence electrons. The highest BCUT2D eigenvalue weighted by Gasteiger charge is 2.42. The normalized spacial score (nSPS) is 19.4. The molecule has 0 aromatic heterocycles. The van der Waals surface area contributed by atoms with E-state index in [1.54, 1.807) is 12.2 Å². The third kappa shape index (κ3) is 4.56. The summed E-state index contributed by atoms with van der Waals surface area (Å²) < 4.78 is 38.3. The molecule has 0 bridgehead atoms. The van der Waals surface area contributed by atoms with Crippen molar-refractivity contribution >= 4 is 21.7 Å². The fraction of sp³-hybridized carbons (Fsp3) is 0.250. The number of nitro benzene ring substituents is 1. The summed E-state index contributed by atoms with van der Waals surface area (Å²) >= 11 is 0. The Kier molecular flexibility index (Phi) is 6.60. The minimum Gasteiger partial charge on any atom is -0.468 e. The quantitative estimate of drug-likeness (QED) is 0.286. The van der Waals surface area contributed by atoms with Crippen molar-refractivity contribution in [1.82, 2.24) is 4.31 Å². The van der Waals surface area contributed by atoms with Crippen LogP contribution in [0.3, 0.4) is 0 Å². The summed E-state index contributed by atoms with van der Waals surface area (Å²) in [5.41, 5.74) is 0.590. The topological polar surface area (TPSA) is 116 Å². The second-order valence-corrected chi connectivity index (χ2v) is 8.32. The van der Waals surface area contributed by atoms with Crippen LogP contribution in [0, 0.1) is 10.1 Å². The predicted octanol–water partition coefficient (Wildman–Crippen LogP) is 2.63. The number of nitro groups is 1. The Morgan fingerprint density at radius 3 is 2.43 bits per heavy atom. The van der Waals surface area contributed by atoms with Crippen LogP contribution < -0.4 is 0 Å². The molecule has 9 nitrogen and oxygen atoms in total. The highest BCUT2D eigenvalue weighted by atomic mass is 32.2. The molecule has 2 aromatic carbocycles. The van der Waals surface area contributed by atoms with Crippen LogP contribution in [0.5, 0.6) is 0 Å². The Labute approximate surface area is 173 Å². The van der Waals surface area contributed by atoms with E-state index in [4.69, 9.17) is 9.47 Å². The summed E-state index contributed by atoms with van der Waals surface area (Å²) in [4.78, 5) is 22.4. The van der Waals surface area contributed by atoms with Crippen LogP contribution in [0.4, 0.5) is 5.69 Å². The van der Waals surface area contributed by atoms with E-state index >= 15 is 0 Å². The molecule has 0 saturated heterocycles. The van der Waals surface area contributed by atoms with Crippen molar-refractivity contribution in [3.8, 4) is 0 Å². The van der Waals surface area contributed by atoms with E-state index in [1.807, 2.05) is 30.3 Å². The first-order chi connectivity index (χ1) is 14.3. The zero-order valence-electron chi connectivity index (χ0n) is 16.1. The molecule has 1 unspecified atom stereocenters. The third-order valence-corrected chi connectivity index (χ3v) is 6.46. The zero-order chi connectivity index (χ0) is 21.7. The summed E-state index contributed by atoms with van der Waals surface area (Å²) in [6.07, 6.45) is 2.29. The summed E-state index contributed by atoms with van der Waals surface area (Å²) in [7, 11) is -3.05. The molecule has 0 spiro atoms. The molecular weight excluding hydrogens is 412 g/mol. The van der Waals surface area contributed by atoms with Crippen LogP contribution in [0.1, 0.15) is 12.0 Å². The van der Waals surface area contributed by atoms with Gasteiger partial charge in [0.25, 0.3) is 5.69 Å². The van der Waals surface area contributed by atoms with E-state index in [2.05, 4.69) is 0 Å². The predicted molar refractivity (Wildman–Crippen MR) is 107 cm³/mol. The minimum atomic E-state index is -4.23. The Morgan fingerprint density at radius 2 is 1.83 bits per heavy atom. The van der Waals surface area contributed by atoms with Gasteiger partial charge >= 0.3 is 5.97 Å². The number of hydrogen-bond acceptors (Lipinski definition) is 7. The highest BCUT2D eigenvalue weighted by molar-refractivity contribution is 7.89. The van der Waals surface area contributed by atoms with Gasteiger partial charge in [0.2, 0.25) is 10.0 Å². The van der Waals surface area contributed by atoms with Crippen molar-refractivity contribution in [2.75, 3.05) is 7.11 Å². The molecule has 1 heterocycles. The number of benzene rings is 2. The molecule has 30 heavy (non-hydrogen) atoms. The van der Waals surface area contributed by atoms with Crippen LogP contribution in [0.2, 0.25) is 0 Å². The average molecular weight is 432 g/mol. The number of esters is 1. The second kappa shape index (κ2) is 9.16. The molecule has 0 N–H and O–H groups in total. The lowest BCUT2D eigenvalue weighted by Gasteiger charge is -2.36. The summed E-state index contributed by atoms with van der Waals surface area (Å²) in [6.45, 7) is 0.121. The lowest BCUT2D eigenvalue weighted by Crippen LogP contribution is -2.52. The Bertz CT molecular complexity index is 1040. The van der Waals surface area contributed by atoms with Crippen molar-refractivity contribution in [1.29, 1.82) is 0 Å². The van der Waals surface area contributed by atoms with Crippen LogP contribution in [-0.4, -0.2) is 43.0 Å². The maximum absolute atomic E-state index is 13.4. The number of non-ortho nitro benzene ring substituents is 1. The first kappa shape index (κ1) is 21.6. The van der Waals surface area contributed by atoms with Crippen LogP contribution in [-0.2, 0) is 30.9 Å². The molecule has 1 aliphatic rings. The molecule has 2 aromatic rings. The molecule has 2 atom stereocenters. The minimum absolute atomic E-state index is 0.115. The largest absolute Gasteiger partial charge is 0.468 e. The number of methoxy groups -OCH3 is 1. The van der Waals surface area contributed by atoms with Gasteiger partial charge < -0.3 is 9.47 Å². The van der Waals surface area contributed by atoms with Crippen LogP contribution in [0.25, 0.3) is 0 Å². The summed E-state index contributed by atoms with van der Waals surface area (Å²) in [5, 5.41) is 10.9. The van der Waals surface area contributed by atoms with Crippen molar-refractivity contribution in [2.24, 2.45) is 0 Å². The van der Waals surface area contributed by atoms with E-state index in [0.717, 1.165) is 34.1 Å². The number of hydrogen-bond donors (Lipinski definition) is 0. The number of ether oxygens (including phenoxy) is 2. The van der Waals surface area contributed by atoms with Crippen molar-refractivity contribution in [3.05, 3.63) is 82.4 Å². The van der Waals surface area contributed by atoms with Gasteiger partial charge in [0.15, 0.2) is 0 Å². The maximum atomic E-state index is 13.4. The van der Waals surface area contributed by atoms with Crippen molar-refractivity contribution < 1.29 is 27.6 Å². The zero-order valence-corrected chi connectivity index (χ0v) is 16.9. The lowest BCUT2D eigenvalue weighted by atomic mass is 10.1. The van der Waals surface area contributed by atoms with Crippen molar-refractivity contribution in [2.45, 2.75) is 30.2 Å². The molecule has 0 radical (unpaired) electrons. The van der Waals surface area contributed by atoms with Gasteiger partial charge in [-0.2, -0.15) is 4.31 Å². The molecule has 0 amide bonds. The lowest BCUT2D eigenvalue weighted by molar-refractivity contribution is -0.384. The van der Waals surface area contributed by atoms with E-state index < -0.39 is 33.2 Å². The maximum Gasteiger partial charge on any atom is 0.324 e. The second-order valence-electron chi connectivity index (χ2n) is 6.48. The van der Waals surface area contributed by atoms with Gasteiger partial charge in [-0.3, -0.25) is 14.9 Å². The Balaban J connectivity index is 1.95. The van der Waals surface area contributed by atoms with E-state index in [9.17, 15) is 23.3 Å². The van der Waals surface area contributed by atoms with Gasteiger partial charge in [-0.25, -0.2) is 8.42 Å². The van der Waals surface area contributed by atoms with Crippen molar-refractivity contribution in [3.63, 3.8) is 0 Å². The SMILES string of the molecule is COC(=O)[C@@H]1CC=CC(OCc2ccccc2)N1S(=O)(=O)c1ccc([N+](=O)[O-])cc1. The molecule has 0 saturated carbocycles. The first-order valence-corrected chi connectivity index (χ1v) is 10.5. The number of carbonyl (C=O) groups is 1. The van der Waals surface area contributed by atoms with Gasteiger partial charge in [0.05, 0.1) is 23.5 Å². The van der Waals surface area contributed by atoms with E-state index in [-0.39, 0.29) is 23.6 Å². The number of nitrogens with zero attached hydrogens (tertiary/aromatic N) is 2. The monoisotopic (exact) mass is 432 g/mol. The molecule has 3 rings (SSSR count). The van der Waals surface area contributed by atoms with Gasteiger partial charge in [0.1, 0.15) is 12.3 Å². The van der Waals surface area contributed by atoms with Gasteiger partial charge in [-0.15, -0.1) is 0 Å². The number of sulfonamides is 1. The Morgan fingerprint density at radius 1 is 1.17 bits per heavy atom. The molecule has 0 fully saturated rings. The van der Waals surface area contributed by atoms with Crippen LogP contribution >= 0.6 is 0 Å². The standard InChI is InChI=1S/C20H20N2O7S/c1-28-20(23)18-8-5-9-19(29-14-15-6-3-2-4-7-15)21(18)30(26,27)17-12-10-16(11-13-17)22(24)25/h2-7,9-13,18-19H,8,14H2,1H3/t18-,19?/m0/s1. The number of carbonyl (C=O) groups excluding carboxylic acids is 1. The fourth-order valence-electron chi connectivity index (χ4n) is 3.08. The average Bonchev–Trinajstić information content (AvgIpc) is 2.77. The van der Waals surface area contributed by atoms with Crippen LogP contribution in [0.15, 0.2) is 71.6 Å². The molecule has 10 heteroatoms. The smallest absolute Gasteiger partial charge is 0.324 e. The van der Waals surface area contributed by atoms with E-state index in [1.165, 1.54) is 7.11 Å². The third-order valence-electron chi connectivity index (χ3n) is 4.58. The van der Waals surface area contributed by atoms with Gasteiger partial charge in [0, 0.05) is 12.1 Å².